The van der Waals surface area contributed by atoms with Gasteiger partial charge in [-0.05, 0) is 60.9 Å². The zero-order chi connectivity index (χ0) is 22.2. The van der Waals surface area contributed by atoms with Crippen LogP contribution >= 0.6 is 0 Å². The van der Waals surface area contributed by atoms with Crippen LogP contribution in [0, 0.1) is 0 Å². The van der Waals surface area contributed by atoms with Gasteiger partial charge in [0.15, 0.2) is 0 Å². The van der Waals surface area contributed by atoms with Crippen LogP contribution in [-0.2, 0) is 6.42 Å². The molecular weight excluding hydrogens is 384 g/mol. The third-order valence-electron chi connectivity index (χ3n) is 5.74. The van der Waals surface area contributed by atoms with Gasteiger partial charge in [-0.15, -0.1) is 0 Å². The first-order chi connectivity index (χ1) is 15.2. The molecule has 0 fully saturated rings. The van der Waals surface area contributed by atoms with Crippen molar-refractivity contribution in [2.75, 3.05) is 0 Å². The van der Waals surface area contributed by atoms with Gasteiger partial charge in [0, 0.05) is 0 Å². The highest BCUT2D eigenvalue weighted by molar-refractivity contribution is 5.50. The van der Waals surface area contributed by atoms with Crippen LogP contribution in [-0.4, -0.2) is 10.2 Å². The molecule has 2 N–H and O–H groups in total. The average Bonchev–Trinajstić information content (AvgIpc) is 2.77. The van der Waals surface area contributed by atoms with Gasteiger partial charge < -0.3 is 10.2 Å². The maximum Gasteiger partial charge on any atom is 0.116 e. The molecule has 0 aromatic heterocycles. The number of nitrogens with zero attached hydrogens (tertiary/aromatic N) is 2. The maximum atomic E-state index is 9.86. The van der Waals surface area contributed by atoms with Crippen LogP contribution in [0.25, 0.3) is 0 Å². The third-order valence-corrected chi connectivity index (χ3v) is 5.74. The highest BCUT2D eigenvalue weighted by Gasteiger charge is 2.04. The first-order valence-electron chi connectivity index (χ1n) is 12.2. The van der Waals surface area contributed by atoms with Crippen molar-refractivity contribution in [1.29, 1.82) is 0 Å². The molecule has 0 aliphatic heterocycles. The molecule has 2 aromatic carbocycles. The largest absolute Gasteiger partial charge is 0.508 e. The number of hydrogen-bond donors (Lipinski definition) is 2. The SMILES string of the molecule is CCCCCCCCCCCCCCCc1cc(O)ccc1N=Nc1ccc(O)cc1. The molecule has 0 unspecified atom stereocenters. The van der Waals surface area contributed by atoms with E-state index in [0.717, 1.165) is 24.1 Å². The second-order valence-corrected chi connectivity index (χ2v) is 8.52. The summed E-state index contributed by atoms with van der Waals surface area (Å²) in [4.78, 5) is 0. The van der Waals surface area contributed by atoms with Crippen LogP contribution in [0.5, 0.6) is 11.5 Å². The first-order valence-corrected chi connectivity index (χ1v) is 12.2. The number of aryl methyl sites for hydroxylation is 1. The monoisotopic (exact) mass is 424 g/mol. The van der Waals surface area contributed by atoms with Crippen molar-refractivity contribution in [2.24, 2.45) is 10.2 Å². The molecule has 0 atom stereocenters. The number of phenolic OH excluding ortho intramolecular Hbond substituents is 2. The Balaban J connectivity index is 1.62. The summed E-state index contributed by atoms with van der Waals surface area (Å²) in [7, 11) is 0. The molecule has 0 aliphatic carbocycles. The van der Waals surface area contributed by atoms with Crippen LogP contribution in [0.1, 0.15) is 96.0 Å². The lowest BCUT2D eigenvalue weighted by atomic mass is 10.0. The summed E-state index contributed by atoms with van der Waals surface area (Å²) in [5.74, 6) is 0.486. The Morgan fingerprint density at radius 1 is 0.581 bits per heavy atom. The molecule has 0 aliphatic rings. The van der Waals surface area contributed by atoms with E-state index in [0.29, 0.717) is 5.69 Å². The van der Waals surface area contributed by atoms with E-state index in [1.54, 1.807) is 36.4 Å². The highest BCUT2D eigenvalue weighted by atomic mass is 16.3. The van der Waals surface area contributed by atoms with Gasteiger partial charge in [-0.3, -0.25) is 0 Å². The van der Waals surface area contributed by atoms with E-state index in [-0.39, 0.29) is 11.5 Å². The Labute approximate surface area is 188 Å². The number of hydrogen-bond acceptors (Lipinski definition) is 4. The summed E-state index contributed by atoms with van der Waals surface area (Å²) < 4.78 is 0. The molecule has 0 radical (unpaired) electrons. The molecule has 0 saturated heterocycles. The van der Waals surface area contributed by atoms with E-state index in [4.69, 9.17) is 0 Å². The zero-order valence-corrected chi connectivity index (χ0v) is 19.2. The zero-order valence-electron chi connectivity index (χ0n) is 19.2. The Morgan fingerprint density at radius 3 is 1.68 bits per heavy atom. The van der Waals surface area contributed by atoms with E-state index < -0.39 is 0 Å². The molecule has 0 amide bonds. The van der Waals surface area contributed by atoms with Gasteiger partial charge in [0.05, 0.1) is 11.4 Å². The number of aromatic hydroxyl groups is 2. The normalized spacial score (nSPS) is 11.4. The quantitative estimate of drug-likeness (QED) is 0.208. The van der Waals surface area contributed by atoms with Crippen molar-refractivity contribution >= 4 is 11.4 Å². The summed E-state index contributed by atoms with van der Waals surface area (Å²) in [5, 5.41) is 27.8. The molecule has 0 heterocycles. The van der Waals surface area contributed by atoms with E-state index in [9.17, 15) is 10.2 Å². The van der Waals surface area contributed by atoms with Crippen LogP contribution in [0.2, 0.25) is 0 Å². The number of azo groups is 1. The highest BCUT2D eigenvalue weighted by Crippen LogP contribution is 2.28. The predicted molar refractivity (Wildman–Crippen MR) is 130 cm³/mol. The standard InChI is InChI=1S/C27H40N2O2/c1-2-3-4-5-6-7-8-9-10-11-12-13-14-15-23-22-26(31)20-21-27(23)29-28-24-16-18-25(30)19-17-24/h16-22,30-31H,2-15H2,1H3. The number of phenols is 2. The Kier molecular flexibility index (Phi) is 12.4. The number of rotatable bonds is 16. The second kappa shape index (κ2) is 15.4. The smallest absolute Gasteiger partial charge is 0.116 e. The molecule has 170 valence electrons. The molecule has 0 saturated carbocycles. The molecular formula is C27H40N2O2. The van der Waals surface area contributed by atoms with E-state index in [1.807, 2.05) is 6.07 Å². The molecule has 31 heavy (non-hydrogen) atoms. The predicted octanol–water partition coefficient (Wildman–Crippen LogP) is 9.15. The van der Waals surface area contributed by atoms with Gasteiger partial charge in [0.25, 0.3) is 0 Å². The van der Waals surface area contributed by atoms with Gasteiger partial charge in [-0.25, -0.2) is 0 Å². The van der Waals surface area contributed by atoms with Crippen molar-refractivity contribution < 1.29 is 10.2 Å². The minimum atomic E-state index is 0.215. The fraction of sp³-hybridized carbons (Fsp3) is 0.556. The van der Waals surface area contributed by atoms with Crippen molar-refractivity contribution in [3.8, 4) is 11.5 Å². The van der Waals surface area contributed by atoms with Gasteiger partial charge in [-0.2, -0.15) is 10.2 Å². The maximum absolute atomic E-state index is 9.86. The van der Waals surface area contributed by atoms with E-state index in [2.05, 4.69) is 17.2 Å². The Hall–Kier alpha value is -2.36. The van der Waals surface area contributed by atoms with E-state index in [1.165, 1.54) is 77.0 Å². The van der Waals surface area contributed by atoms with Gasteiger partial charge in [-0.1, -0.05) is 84.0 Å². The minimum absolute atomic E-state index is 0.215. The summed E-state index contributed by atoms with van der Waals surface area (Å²) in [6.45, 7) is 2.27. The molecule has 0 spiro atoms. The molecule has 0 bridgehead atoms. The average molecular weight is 425 g/mol. The van der Waals surface area contributed by atoms with Crippen molar-refractivity contribution in [3.63, 3.8) is 0 Å². The Bertz CT molecular complexity index is 756. The van der Waals surface area contributed by atoms with Gasteiger partial charge in [0.2, 0.25) is 0 Å². The fourth-order valence-electron chi connectivity index (χ4n) is 3.83. The minimum Gasteiger partial charge on any atom is -0.508 e. The first kappa shape index (κ1) is 24.9. The third kappa shape index (κ3) is 11.0. The van der Waals surface area contributed by atoms with Crippen molar-refractivity contribution in [3.05, 3.63) is 48.0 Å². The van der Waals surface area contributed by atoms with Crippen LogP contribution < -0.4 is 0 Å². The van der Waals surface area contributed by atoms with Crippen molar-refractivity contribution in [1.82, 2.24) is 0 Å². The van der Waals surface area contributed by atoms with Crippen LogP contribution in [0.3, 0.4) is 0 Å². The number of unbranched alkanes of at least 4 members (excludes halogenated alkanes) is 12. The van der Waals surface area contributed by atoms with Crippen molar-refractivity contribution in [2.45, 2.75) is 96.8 Å². The second-order valence-electron chi connectivity index (χ2n) is 8.52. The summed E-state index contributed by atoms with van der Waals surface area (Å²) >= 11 is 0. The molecule has 4 nitrogen and oxygen atoms in total. The van der Waals surface area contributed by atoms with Crippen LogP contribution in [0.4, 0.5) is 11.4 Å². The van der Waals surface area contributed by atoms with Crippen LogP contribution in [0.15, 0.2) is 52.7 Å². The molecule has 4 heteroatoms. The molecule has 2 aromatic rings. The topological polar surface area (TPSA) is 65.2 Å². The lowest BCUT2D eigenvalue weighted by molar-refractivity contribution is 0.474. The summed E-state index contributed by atoms with van der Waals surface area (Å²) in [6, 6.07) is 11.9. The fourth-order valence-corrected chi connectivity index (χ4v) is 3.83. The molecule has 2 rings (SSSR count). The summed E-state index contributed by atoms with van der Waals surface area (Å²) in [6.07, 6.45) is 18.3. The lowest BCUT2D eigenvalue weighted by Gasteiger charge is -2.06. The Morgan fingerprint density at radius 2 is 1.10 bits per heavy atom. The summed E-state index contributed by atoms with van der Waals surface area (Å²) in [5.41, 5.74) is 2.52. The number of benzene rings is 2. The van der Waals surface area contributed by atoms with E-state index >= 15 is 0 Å². The van der Waals surface area contributed by atoms with Gasteiger partial charge in [0.1, 0.15) is 11.5 Å². The van der Waals surface area contributed by atoms with Gasteiger partial charge >= 0.3 is 0 Å². The lowest BCUT2D eigenvalue weighted by Crippen LogP contribution is -1.88.